The molecule has 1 aliphatic rings. The van der Waals surface area contributed by atoms with Gasteiger partial charge in [0.2, 0.25) is 0 Å². The molecule has 5 nitrogen and oxygen atoms in total. The molecular formula is C12H13N3O2S. The molecule has 0 atom stereocenters. The third-order valence-corrected chi connectivity index (χ3v) is 4.59. The minimum Gasteiger partial charge on any atom is -0.326 e. The van der Waals surface area contributed by atoms with Crippen molar-refractivity contribution in [1.29, 1.82) is 0 Å². The van der Waals surface area contributed by atoms with Gasteiger partial charge in [0.25, 0.3) is 0 Å². The number of hydrogen-bond acceptors (Lipinski definition) is 4. The van der Waals surface area contributed by atoms with Crippen LogP contribution >= 0.6 is 0 Å². The molecule has 0 bridgehead atoms. The fourth-order valence-corrected chi connectivity index (χ4v) is 3.82. The molecule has 0 saturated heterocycles. The maximum Gasteiger partial charge on any atom is 0.160 e. The first kappa shape index (κ1) is 11.4. The predicted molar refractivity (Wildman–Crippen MR) is 67.8 cm³/mol. The van der Waals surface area contributed by atoms with Gasteiger partial charge < -0.3 is 5.73 Å². The lowest BCUT2D eigenvalue weighted by Gasteiger charge is -2.09. The zero-order chi connectivity index (χ0) is 12.8. The van der Waals surface area contributed by atoms with Crippen LogP contribution in [0.1, 0.15) is 16.8 Å². The van der Waals surface area contributed by atoms with Crippen molar-refractivity contribution in [3.8, 4) is 5.69 Å². The van der Waals surface area contributed by atoms with Crippen molar-refractivity contribution < 1.29 is 8.42 Å². The van der Waals surface area contributed by atoms with Crippen LogP contribution in [0, 0.1) is 0 Å². The molecule has 0 spiro atoms. The molecule has 0 aliphatic carbocycles. The van der Waals surface area contributed by atoms with Gasteiger partial charge in [0, 0.05) is 12.1 Å². The lowest BCUT2D eigenvalue weighted by molar-refractivity contribution is 0.596. The number of para-hydroxylation sites is 1. The highest BCUT2D eigenvalue weighted by Gasteiger charge is 2.29. The Hall–Kier alpha value is -1.66. The van der Waals surface area contributed by atoms with Gasteiger partial charge in [0.05, 0.1) is 29.1 Å². The van der Waals surface area contributed by atoms with Gasteiger partial charge >= 0.3 is 0 Å². The maximum atomic E-state index is 11.6. The highest BCUT2D eigenvalue weighted by molar-refractivity contribution is 7.90. The number of sulfone groups is 1. The highest BCUT2D eigenvalue weighted by Crippen LogP contribution is 2.27. The smallest absolute Gasteiger partial charge is 0.160 e. The second-order valence-corrected chi connectivity index (χ2v) is 6.46. The fraction of sp³-hybridized carbons (Fsp3) is 0.250. The van der Waals surface area contributed by atoms with E-state index < -0.39 is 9.84 Å². The predicted octanol–water partition coefficient (Wildman–Crippen LogP) is 0.759. The third kappa shape index (κ3) is 1.74. The number of fused-ring (bicyclic) bond motifs is 1. The molecule has 0 fully saturated rings. The van der Waals surface area contributed by atoms with Crippen molar-refractivity contribution in [3.05, 3.63) is 47.3 Å². The summed E-state index contributed by atoms with van der Waals surface area (Å²) in [6.07, 6.45) is 1.63. The molecule has 1 aromatic carbocycles. The molecule has 2 N–H and O–H groups in total. The largest absolute Gasteiger partial charge is 0.326 e. The number of aromatic nitrogens is 2. The Labute approximate surface area is 105 Å². The van der Waals surface area contributed by atoms with Gasteiger partial charge in [0.15, 0.2) is 9.84 Å². The summed E-state index contributed by atoms with van der Waals surface area (Å²) >= 11 is 0. The van der Waals surface area contributed by atoms with Gasteiger partial charge in [-0.25, -0.2) is 13.1 Å². The van der Waals surface area contributed by atoms with Gasteiger partial charge in [-0.05, 0) is 11.6 Å². The van der Waals surface area contributed by atoms with E-state index in [1.54, 1.807) is 10.9 Å². The van der Waals surface area contributed by atoms with E-state index in [0.717, 1.165) is 22.5 Å². The third-order valence-electron chi connectivity index (χ3n) is 3.13. The summed E-state index contributed by atoms with van der Waals surface area (Å²) in [6, 6.07) is 7.63. The van der Waals surface area contributed by atoms with Crippen LogP contribution in [0.15, 0.2) is 30.5 Å². The molecule has 0 saturated carbocycles. The van der Waals surface area contributed by atoms with Crippen molar-refractivity contribution >= 4 is 9.84 Å². The average molecular weight is 263 g/mol. The molecule has 6 heteroatoms. The first-order chi connectivity index (χ1) is 8.61. The quantitative estimate of drug-likeness (QED) is 0.867. The van der Waals surface area contributed by atoms with Crippen LogP contribution in [0.4, 0.5) is 0 Å². The Balaban J connectivity index is 2.16. The summed E-state index contributed by atoms with van der Waals surface area (Å²) in [5.41, 5.74) is 9.06. The van der Waals surface area contributed by atoms with E-state index in [-0.39, 0.29) is 11.5 Å². The minimum absolute atomic E-state index is 0.0568. The van der Waals surface area contributed by atoms with Crippen molar-refractivity contribution in [2.24, 2.45) is 5.73 Å². The second-order valence-electron chi connectivity index (χ2n) is 4.39. The fourth-order valence-electron chi connectivity index (χ4n) is 2.28. The molecule has 2 aromatic rings. The topological polar surface area (TPSA) is 78.0 Å². The van der Waals surface area contributed by atoms with E-state index in [1.807, 2.05) is 24.3 Å². The highest BCUT2D eigenvalue weighted by atomic mass is 32.2. The van der Waals surface area contributed by atoms with Crippen LogP contribution in [0.3, 0.4) is 0 Å². The molecule has 0 unspecified atom stereocenters. The van der Waals surface area contributed by atoms with E-state index >= 15 is 0 Å². The molecule has 1 aromatic heterocycles. The number of hydrogen-bond donors (Lipinski definition) is 1. The zero-order valence-electron chi connectivity index (χ0n) is 9.70. The summed E-state index contributed by atoms with van der Waals surface area (Å²) in [7, 11) is -3.00. The van der Waals surface area contributed by atoms with Crippen molar-refractivity contribution in [2.45, 2.75) is 18.1 Å². The van der Waals surface area contributed by atoms with Crippen LogP contribution in [-0.4, -0.2) is 18.2 Å². The first-order valence-electron chi connectivity index (χ1n) is 5.65. The molecule has 18 heavy (non-hydrogen) atoms. The number of nitrogens with two attached hydrogens (primary N) is 1. The van der Waals surface area contributed by atoms with Crippen molar-refractivity contribution in [1.82, 2.24) is 9.78 Å². The van der Waals surface area contributed by atoms with Crippen molar-refractivity contribution in [2.75, 3.05) is 0 Å². The number of benzene rings is 1. The Morgan fingerprint density at radius 3 is 2.83 bits per heavy atom. The van der Waals surface area contributed by atoms with Gasteiger partial charge in [-0.15, -0.1) is 0 Å². The van der Waals surface area contributed by atoms with Crippen molar-refractivity contribution in [3.63, 3.8) is 0 Å². The molecule has 94 valence electrons. The molecule has 0 amide bonds. The van der Waals surface area contributed by atoms with Crippen LogP contribution < -0.4 is 5.73 Å². The van der Waals surface area contributed by atoms with Crippen LogP contribution in [0.25, 0.3) is 5.69 Å². The SMILES string of the molecule is NCc1ccccc1-n1ncc2c1CS(=O)(=O)C2. The summed E-state index contributed by atoms with van der Waals surface area (Å²) in [4.78, 5) is 0. The van der Waals surface area contributed by atoms with E-state index in [0.29, 0.717) is 6.54 Å². The van der Waals surface area contributed by atoms with Crippen LogP contribution in [0.5, 0.6) is 0 Å². The zero-order valence-corrected chi connectivity index (χ0v) is 10.5. The molecule has 1 aliphatic heterocycles. The van der Waals surface area contributed by atoms with E-state index in [2.05, 4.69) is 5.10 Å². The summed E-state index contributed by atoms with van der Waals surface area (Å²) in [5, 5.41) is 4.28. The van der Waals surface area contributed by atoms with E-state index in [4.69, 9.17) is 5.73 Å². The molecular weight excluding hydrogens is 250 g/mol. The lowest BCUT2D eigenvalue weighted by Crippen LogP contribution is -2.09. The average Bonchev–Trinajstić information content (AvgIpc) is 2.84. The Kier molecular flexibility index (Phi) is 2.49. The lowest BCUT2D eigenvalue weighted by atomic mass is 10.1. The Morgan fingerprint density at radius 2 is 2.06 bits per heavy atom. The Bertz CT molecular complexity index is 704. The molecule has 2 heterocycles. The number of nitrogens with zero attached hydrogens (tertiary/aromatic N) is 2. The standard InChI is InChI=1S/C12H13N3O2S/c13-5-9-3-1-2-4-11(9)15-12-8-18(16,17)7-10(12)6-14-15/h1-4,6H,5,7-8,13H2. The number of rotatable bonds is 2. The molecule has 3 rings (SSSR count). The monoisotopic (exact) mass is 263 g/mol. The second kappa shape index (κ2) is 3.93. The Morgan fingerprint density at radius 1 is 1.28 bits per heavy atom. The summed E-state index contributed by atoms with van der Waals surface area (Å²) < 4.78 is 24.9. The van der Waals surface area contributed by atoms with Crippen LogP contribution in [0.2, 0.25) is 0 Å². The first-order valence-corrected chi connectivity index (χ1v) is 7.47. The summed E-state index contributed by atoms with van der Waals surface area (Å²) in [5.74, 6) is 0.147. The van der Waals surface area contributed by atoms with E-state index in [9.17, 15) is 8.42 Å². The minimum atomic E-state index is -3.00. The maximum absolute atomic E-state index is 11.6. The summed E-state index contributed by atoms with van der Waals surface area (Å²) in [6.45, 7) is 0.400. The van der Waals surface area contributed by atoms with Gasteiger partial charge in [-0.2, -0.15) is 5.10 Å². The van der Waals surface area contributed by atoms with Crippen LogP contribution in [-0.2, 0) is 27.9 Å². The van der Waals surface area contributed by atoms with E-state index in [1.165, 1.54) is 0 Å². The van der Waals surface area contributed by atoms with Gasteiger partial charge in [-0.1, -0.05) is 18.2 Å². The van der Waals surface area contributed by atoms with Gasteiger partial charge in [-0.3, -0.25) is 0 Å². The normalized spacial score (nSPS) is 16.7. The molecule has 0 radical (unpaired) electrons. The van der Waals surface area contributed by atoms with Gasteiger partial charge in [0.1, 0.15) is 0 Å².